The van der Waals surface area contributed by atoms with Crippen LogP contribution in [0.3, 0.4) is 0 Å². The molecule has 11 nitrogen and oxygen atoms in total. The fourth-order valence-corrected chi connectivity index (χ4v) is 8.89. The van der Waals surface area contributed by atoms with Crippen LogP contribution in [0, 0.1) is 0 Å². The zero-order valence-corrected chi connectivity index (χ0v) is 49.7. The van der Waals surface area contributed by atoms with Gasteiger partial charge in [-0.05, 0) is 116 Å². The number of carbonyl (C=O) groups excluding carboxylic acids is 2. The number of unbranched alkanes of at least 4 members (excludes halogenated alkanes) is 19. The summed E-state index contributed by atoms with van der Waals surface area (Å²) >= 11 is 0. The van der Waals surface area contributed by atoms with Crippen molar-refractivity contribution in [3.8, 4) is 0 Å². The molecule has 0 radical (unpaired) electrons. The highest BCUT2D eigenvalue weighted by Crippen LogP contribution is 2.26. The molecule has 1 fully saturated rings. The highest BCUT2D eigenvalue weighted by Gasteiger charge is 2.47. The van der Waals surface area contributed by atoms with Gasteiger partial charge in [0.05, 0.1) is 25.4 Å². The van der Waals surface area contributed by atoms with Crippen molar-refractivity contribution < 1.29 is 49.3 Å². The van der Waals surface area contributed by atoms with Crippen molar-refractivity contribution in [1.29, 1.82) is 0 Å². The van der Waals surface area contributed by atoms with Crippen molar-refractivity contribution >= 4 is 11.9 Å². The molecule has 79 heavy (non-hydrogen) atoms. The van der Waals surface area contributed by atoms with E-state index in [4.69, 9.17) is 14.2 Å². The molecule has 0 spiro atoms. The lowest BCUT2D eigenvalue weighted by atomic mass is 9.99. The quantitative estimate of drug-likeness (QED) is 0.0195. The Balaban J connectivity index is 2.69. The minimum absolute atomic E-state index is 0.0836. The number of hydrogen-bond acceptors (Lipinski definition) is 10. The van der Waals surface area contributed by atoms with Gasteiger partial charge in [0.2, 0.25) is 5.91 Å². The molecule has 1 rings (SSSR count). The molecule has 1 aliphatic rings. The van der Waals surface area contributed by atoms with Gasteiger partial charge in [-0.2, -0.15) is 0 Å². The van der Waals surface area contributed by atoms with Crippen LogP contribution in [0.15, 0.2) is 122 Å². The number of aliphatic hydroxyl groups excluding tert-OH is 5. The number of nitrogens with one attached hydrogen (secondary N) is 1. The Bertz CT molecular complexity index is 1740. The molecule has 0 aromatic heterocycles. The molecule has 6 N–H and O–H groups in total. The van der Waals surface area contributed by atoms with Crippen molar-refractivity contribution in [2.75, 3.05) is 13.2 Å². The zero-order valence-electron chi connectivity index (χ0n) is 49.7. The second kappa shape index (κ2) is 54.6. The van der Waals surface area contributed by atoms with Crippen molar-refractivity contribution in [3.05, 3.63) is 122 Å². The number of rotatable bonds is 51. The first-order valence-corrected chi connectivity index (χ1v) is 31.3. The lowest BCUT2D eigenvalue weighted by molar-refractivity contribution is -0.305. The standard InChI is InChI=1S/C68H113NO10/c1-4-7-10-13-16-19-22-24-26-28-29-30-31-32-33-34-36-38-41-44-47-50-53-56-63(73)79-66-65(75)64(74)62(57-70)78-68(66)77-58-59(60(71)54-51-48-45-42-39-21-18-15-12-9-6-3)69-67(76)61(72)55-52-49-46-43-40-37-35-27-25-23-20-17-14-11-8-5-2/h7,10,16-17,19-20,24-27,29-30,32-33,36-38,40,51,54,59-62,64-66,68,70-72,74-75H,4-6,8-9,11-15,18,21-23,28,31,34-35,39,41-50,52-53,55-58H2,1-3H3,(H,69,76)/b10-7-,19-16-,20-17-,26-24-,27-25-,30-29-,33-32-,38-36-,40-37-,54-51+. The molecule has 1 saturated heterocycles. The third kappa shape index (κ3) is 42.6. The van der Waals surface area contributed by atoms with E-state index in [0.717, 1.165) is 128 Å². The summed E-state index contributed by atoms with van der Waals surface area (Å²) in [6.45, 7) is 5.59. The van der Waals surface area contributed by atoms with E-state index in [0.29, 0.717) is 12.8 Å². The lowest BCUT2D eigenvalue weighted by Crippen LogP contribution is -2.61. The topological polar surface area (TPSA) is 175 Å². The van der Waals surface area contributed by atoms with E-state index < -0.39 is 67.4 Å². The van der Waals surface area contributed by atoms with Gasteiger partial charge in [-0.15, -0.1) is 0 Å². The van der Waals surface area contributed by atoms with Gasteiger partial charge < -0.3 is 45.1 Å². The molecule has 1 heterocycles. The number of aliphatic hydroxyl groups is 5. The molecule has 8 unspecified atom stereocenters. The highest BCUT2D eigenvalue weighted by molar-refractivity contribution is 5.80. The second-order valence-electron chi connectivity index (χ2n) is 21.0. The third-order valence-electron chi connectivity index (χ3n) is 13.8. The first kappa shape index (κ1) is 73.1. The summed E-state index contributed by atoms with van der Waals surface area (Å²) in [5.74, 6) is -1.25. The fourth-order valence-electron chi connectivity index (χ4n) is 8.89. The van der Waals surface area contributed by atoms with E-state index in [1.54, 1.807) is 6.08 Å². The van der Waals surface area contributed by atoms with Crippen LogP contribution >= 0.6 is 0 Å². The second-order valence-corrected chi connectivity index (χ2v) is 21.0. The zero-order chi connectivity index (χ0) is 57.5. The number of amides is 1. The van der Waals surface area contributed by atoms with Gasteiger partial charge in [-0.25, -0.2) is 0 Å². The van der Waals surface area contributed by atoms with Crippen molar-refractivity contribution in [2.45, 2.75) is 282 Å². The SMILES string of the molecule is CC/C=C\C/C=C\C/C=C\C/C=C\C/C=C\C/C=C\CCCCCCC(=O)OC1C(OCC(NC(=O)C(O)CCCCC/C=C\C/C=C\C/C=C\CCCCC)C(O)/C=C/CCCCCCCCCCC)OC(CO)C(O)C1O. The number of ether oxygens (including phenoxy) is 3. The Kier molecular flexibility index (Phi) is 50.5. The number of allylic oxidation sites excluding steroid dienone is 19. The van der Waals surface area contributed by atoms with E-state index >= 15 is 0 Å². The maximum atomic E-state index is 13.4. The molecule has 0 aromatic rings. The number of carbonyl (C=O) groups is 2. The smallest absolute Gasteiger partial charge is 0.306 e. The van der Waals surface area contributed by atoms with Crippen LogP contribution in [0.2, 0.25) is 0 Å². The molecular formula is C68H113NO10. The van der Waals surface area contributed by atoms with Crippen molar-refractivity contribution in [3.63, 3.8) is 0 Å². The van der Waals surface area contributed by atoms with Gasteiger partial charge in [-0.3, -0.25) is 9.59 Å². The molecule has 0 saturated carbocycles. The third-order valence-corrected chi connectivity index (χ3v) is 13.8. The number of hydrogen-bond donors (Lipinski definition) is 6. The van der Waals surface area contributed by atoms with Gasteiger partial charge in [0.15, 0.2) is 12.4 Å². The maximum absolute atomic E-state index is 13.4. The lowest BCUT2D eigenvalue weighted by Gasteiger charge is -2.41. The Morgan fingerprint density at radius 2 is 0.911 bits per heavy atom. The van der Waals surface area contributed by atoms with E-state index in [-0.39, 0.29) is 19.4 Å². The molecule has 0 aromatic carbocycles. The van der Waals surface area contributed by atoms with Gasteiger partial charge in [-0.1, -0.05) is 232 Å². The summed E-state index contributed by atoms with van der Waals surface area (Å²) < 4.78 is 17.6. The highest BCUT2D eigenvalue weighted by atomic mass is 16.7. The van der Waals surface area contributed by atoms with Crippen molar-refractivity contribution in [2.24, 2.45) is 0 Å². The van der Waals surface area contributed by atoms with Crippen LogP contribution in [0.1, 0.15) is 233 Å². The van der Waals surface area contributed by atoms with E-state index in [1.165, 1.54) is 57.8 Å². The van der Waals surface area contributed by atoms with Gasteiger partial charge in [0.25, 0.3) is 0 Å². The average Bonchev–Trinajstić information content (AvgIpc) is 3.47. The summed E-state index contributed by atoms with van der Waals surface area (Å²) in [6.07, 6.45) is 65.2. The number of esters is 1. The van der Waals surface area contributed by atoms with Gasteiger partial charge in [0.1, 0.15) is 24.4 Å². The molecular weight excluding hydrogens is 991 g/mol. The Morgan fingerprint density at radius 1 is 0.506 bits per heavy atom. The molecule has 1 amide bonds. The van der Waals surface area contributed by atoms with Crippen molar-refractivity contribution in [1.82, 2.24) is 5.32 Å². The van der Waals surface area contributed by atoms with E-state index in [2.05, 4.69) is 135 Å². The first-order chi connectivity index (χ1) is 38.7. The van der Waals surface area contributed by atoms with Crippen LogP contribution < -0.4 is 5.32 Å². The summed E-state index contributed by atoms with van der Waals surface area (Å²) in [6, 6.07) is -1.05. The summed E-state index contributed by atoms with van der Waals surface area (Å²) in [7, 11) is 0. The Hall–Kier alpha value is -3.94. The average molecular weight is 1100 g/mol. The normalized spacial score (nSPS) is 19.7. The largest absolute Gasteiger partial charge is 0.454 e. The fraction of sp³-hybridized carbons (Fsp3) is 0.676. The van der Waals surface area contributed by atoms with Crippen LogP contribution in [-0.2, 0) is 23.8 Å². The minimum Gasteiger partial charge on any atom is -0.454 e. The van der Waals surface area contributed by atoms with E-state index in [1.807, 2.05) is 6.08 Å². The van der Waals surface area contributed by atoms with Gasteiger partial charge in [0, 0.05) is 6.42 Å². The molecule has 0 aliphatic carbocycles. The monoisotopic (exact) mass is 1100 g/mol. The molecule has 450 valence electrons. The summed E-state index contributed by atoms with van der Waals surface area (Å²) in [4.78, 5) is 26.5. The molecule has 1 aliphatic heterocycles. The first-order valence-electron chi connectivity index (χ1n) is 31.3. The predicted octanol–water partition coefficient (Wildman–Crippen LogP) is 15.1. The Morgan fingerprint density at radius 3 is 1.39 bits per heavy atom. The van der Waals surface area contributed by atoms with Crippen LogP contribution in [-0.4, -0.2) is 99.6 Å². The molecule has 11 heteroatoms. The predicted molar refractivity (Wildman–Crippen MR) is 328 cm³/mol. The van der Waals surface area contributed by atoms with Crippen LogP contribution in [0.5, 0.6) is 0 Å². The minimum atomic E-state index is -1.64. The van der Waals surface area contributed by atoms with Crippen LogP contribution in [0.4, 0.5) is 0 Å². The Labute approximate surface area is 480 Å². The molecule has 0 bridgehead atoms. The maximum Gasteiger partial charge on any atom is 0.306 e. The summed E-state index contributed by atoms with van der Waals surface area (Å²) in [5, 5.41) is 56.9. The molecule has 8 atom stereocenters. The van der Waals surface area contributed by atoms with Gasteiger partial charge >= 0.3 is 5.97 Å². The summed E-state index contributed by atoms with van der Waals surface area (Å²) in [5.41, 5.74) is 0. The van der Waals surface area contributed by atoms with E-state index in [9.17, 15) is 35.1 Å². The van der Waals surface area contributed by atoms with Crippen LogP contribution in [0.25, 0.3) is 0 Å².